The van der Waals surface area contributed by atoms with E-state index in [0.29, 0.717) is 4.70 Å². The van der Waals surface area contributed by atoms with E-state index < -0.39 is 88.6 Å². The Bertz CT molecular complexity index is 1440. The van der Waals surface area contributed by atoms with Crippen LogP contribution in [-0.2, 0) is 39.2 Å². The highest BCUT2D eigenvalue weighted by Crippen LogP contribution is 2.62. The first kappa shape index (κ1) is 33.6. The van der Waals surface area contributed by atoms with Gasteiger partial charge in [0.1, 0.15) is 54.9 Å². The van der Waals surface area contributed by atoms with Gasteiger partial charge in [-0.3, -0.25) is 4.52 Å². The number of ether oxygens (including phenoxy) is 2. The highest BCUT2D eigenvalue weighted by molar-refractivity contribution is 8.08. The molecule has 4 heterocycles. The van der Waals surface area contributed by atoms with E-state index in [1.165, 1.54) is 5.38 Å². The lowest BCUT2D eigenvalue weighted by atomic mass is 9.90. The zero-order chi connectivity index (χ0) is 31.2. The number of terminal acetylenes is 1. The van der Waals surface area contributed by atoms with Crippen LogP contribution in [0.15, 0.2) is 11.7 Å². The van der Waals surface area contributed by atoms with E-state index in [0.717, 1.165) is 17.7 Å². The number of phosphoric ester groups is 1. The van der Waals surface area contributed by atoms with E-state index >= 15 is 4.39 Å². The molecular weight excluding hydrogens is 654 g/mol. The highest BCUT2D eigenvalue weighted by atomic mass is 32.5. The number of nitrogens with zero attached hydrogens (tertiary/aromatic N) is 2. The number of fused-ring (bicyclic) bond motifs is 1. The second-order valence-electron chi connectivity index (χ2n) is 9.10. The van der Waals surface area contributed by atoms with Crippen LogP contribution in [0.1, 0.15) is 11.7 Å². The van der Waals surface area contributed by atoms with Gasteiger partial charge in [0, 0.05) is 5.56 Å². The van der Waals surface area contributed by atoms with Crippen LogP contribution in [-0.4, -0.2) is 113 Å². The van der Waals surface area contributed by atoms with Crippen molar-refractivity contribution in [3.8, 4) is 12.3 Å². The molecule has 22 heteroatoms. The second kappa shape index (κ2) is 12.6. The first-order valence-corrected chi connectivity index (χ1v) is 16.6. The van der Waals surface area contributed by atoms with Crippen molar-refractivity contribution in [1.82, 2.24) is 9.97 Å². The number of aliphatic hydroxyl groups is 5. The summed E-state index contributed by atoms with van der Waals surface area (Å²) in [6.07, 6.45) is -11.8. The Morgan fingerprint density at radius 2 is 1.93 bits per heavy atom. The number of hydrogen-bond acceptors (Lipinski definition) is 16. The molecule has 2 aliphatic heterocycles. The van der Waals surface area contributed by atoms with E-state index in [1.807, 2.05) is 5.92 Å². The van der Waals surface area contributed by atoms with Gasteiger partial charge in [-0.05, 0) is 17.2 Å². The molecule has 0 amide bonds. The van der Waals surface area contributed by atoms with Crippen LogP contribution >= 0.6 is 25.9 Å². The van der Waals surface area contributed by atoms with Crippen molar-refractivity contribution in [2.75, 3.05) is 18.9 Å². The lowest BCUT2D eigenvalue weighted by molar-refractivity contribution is -0.287. The van der Waals surface area contributed by atoms with Crippen LogP contribution in [0, 0.1) is 12.3 Å². The number of hydrogen-bond donors (Lipinski definition) is 8. The van der Waals surface area contributed by atoms with Gasteiger partial charge >= 0.3 is 14.5 Å². The molecule has 234 valence electrons. The summed E-state index contributed by atoms with van der Waals surface area (Å²) in [4.78, 5) is 28.3. The van der Waals surface area contributed by atoms with E-state index in [2.05, 4.69) is 30.6 Å². The van der Waals surface area contributed by atoms with Crippen LogP contribution in [0.5, 0.6) is 0 Å². The molecule has 2 aromatic heterocycles. The summed E-state index contributed by atoms with van der Waals surface area (Å²) >= 11 is 5.75. The fraction of sp³-hybridized carbons (Fsp3) is 0.600. The Balaban J connectivity index is 1.44. The summed E-state index contributed by atoms with van der Waals surface area (Å²) in [5.41, 5.74) is 3.32. The van der Waals surface area contributed by atoms with Gasteiger partial charge < -0.3 is 55.1 Å². The number of aliphatic hydroxyl groups excluding tert-OH is 5. The summed E-state index contributed by atoms with van der Waals surface area (Å²) in [5.74, 6) is 1.95. The van der Waals surface area contributed by atoms with Crippen molar-refractivity contribution in [2.24, 2.45) is 0 Å². The summed E-state index contributed by atoms with van der Waals surface area (Å²) in [6, 6.07) is 0. The molecule has 12 atom stereocenters. The fourth-order valence-corrected chi connectivity index (χ4v) is 8.31. The van der Waals surface area contributed by atoms with Crippen LogP contribution in [0.2, 0.25) is 0 Å². The standard InChI is InChI=1S/C20H25F2N3O13P2S2/c1-2-20(22)16(30)9(35-17(20)7-5-42-15-10(7)24-6-25-18(15)23)4-34-40(33,41)38-39(31,32)37-19-13(29)11(27)12(28)14(36-19)8(21)3-26/h1,5-6,8-9,11-14,16-17,19,26-30H,3-4H2,(H,31,32)(H,33,41)(H2,23,24,25)/t8-,9+,11?,12?,13?,14?,16+,17-,19?,20+,40?/m0/s1. The Morgan fingerprint density at radius 1 is 1.24 bits per heavy atom. The first-order valence-electron chi connectivity index (χ1n) is 11.7. The average molecular weight is 680 g/mol. The average Bonchev–Trinajstić information content (AvgIpc) is 3.46. The van der Waals surface area contributed by atoms with Crippen molar-refractivity contribution >= 4 is 53.7 Å². The predicted octanol–water partition coefficient (Wildman–Crippen LogP) is -1.08. The van der Waals surface area contributed by atoms with E-state index in [1.54, 1.807) is 0 Å². The van der Waals surface area contributed by atoms with Gasteiger partial charge in [-0.25, -0.2) is 27.6 Å². The largest absolute Gasteiger partial charge is 0.481 e. The van der Waals surface area contributed by atoms with Gasteiger partial charge in [-0.15, -0.1) is 17.8 Å². The molecule has 0 saturated carbocycles. The molecule has 16 nitrogen and oxygen atoms in total. The molecule has 2 saturated heterocycles. The van der Waals surface area contributed by atoms with Crippen molar-refractivity contribution in [3.05, 3.63) is 17.3 Å². The Kier molecular flexibility index (Phi) is 10.0. The number of halogens is 2. The predicted molar refractivity (Wildman–Crippen MR) is 141 cm³/mol. The van der Waals surface area contributed by atoms with Gasteiger partial charge in [0.15, 0.2) is 12.5 Å². The van der Waals surface area contributed by atoms with Gasteiger partial charge in [-0.1, -0.05) is 5.92 Å². The highest BCUT2D eigenvalue weighted by Gasteiger charge is 2.58. The summed E-state index contributed by atoms with van der Waals surface area (Å²) in [7, 11) is -5.55. The minimum Gasteiger partial charge on any atom is -0.393 e. The van der Waals surface area contributed by atoms with Crippen LogP contribution < -0.4 is 5.73 Å². The van der Waals surface area contributed by atoms with E-state index in [-0.39, 0.29) is 16.9 Å². The smallest absolute Gasteiger partial charge is 0.393 e. The molecule has 4 rings (SSSR count). The van der Waals surface area contributed by atoms with E-state index in [4.69, 9.17) is 31.3 Å². The van der Waals surface area contributed by atoms with Crippen LogP contribution in [0.25, 0.3) is 10.2 Å². The zero-order valence-corrected chi connectivity index (χ0v) is 24.3. The first-order chi connectivity index (χ1) is 19.5. The summed E-state index contributed by atoms with van der Waals surface area (Å²) < 4.78 is 67.1. The topological polar surface area (TPSA) is 257 Å². The second-order valence-corrected chi connectivity index (χ2v) is 14.4. The molecule has 9 N–H and O–H groups in total. The molecular formula is C20H25F2N3O13P2S2. The molecule has 2 aromatic rings. The number of nitrogens with two attached hydrogens (primary N) is 1. The molecule has 7 unspecified atom stereocenters. The number of anilines is 1. The Hall–Kier alpha value is -1.34. The molecule has 0 bridgehead atoms. The quantitative estimate of drug-likeness (QED) is 0.110. The van der Waals surface area contributed by atoms with Gasteiger partial charge in [0.2, 0.25) is 5.67 Å². The van der Waals surface area contributed by atoms with Crippen molar-refractivity contribution in [2.45, 2.75) is 60.9 Å². The van der Waals surface area contributed by atoms with Crippen molar-refractivity contribution in [3.63, 3.8) is 0 Å². The molecule has 2 fully saturated rings. The SMILES string of the molecule is C#C[C@@]1(F)[C@H](O)[C@@H](COP(O)(=S)OP(=O)(O)OC2OC([C@@H](F)CO)C(O)C(O)C2O)O[C@H]1c1csc2c(N)ncnc12. The molecule has 0 spiro atoms. The van der Waals surface area contributed by atoms with Gasteiger partial charge in [-0.2, -0.15) is 0 Å². The number of rotatable bonds is 10. The maximum Gasteiger partial charge on any atom is 0.481 e. The van der Waals surface area contributed by atoms with Gasteiger partial charge in [0.05, 0.1) is 23.4 Å². The summed E-state index contributed by atoms with van der Waals surface area (Å²) in [6.45, 7) is -6.90. The maximum atomic E-state index is 15.8. The monoisotopic (exact) mass is 679 g/mol. The molecule has 0 aliphatic carbocycles. The number of thiophene rings is 1. The minimum atomic E-state index is -5.55. The lowest BCUT2D eigenvalue weighted by Gasteiger charge is -2.41. The zero-order valence-electron chi connectivity index (χ0n) is 20.9. The maximum absolute atomic E-state index is 15.8. The lowest BCUT2D eigenvalue weighted by Crippen LogP contribution is -2.60. The number of nitrogen functional groups attached to an aromatic ring is 1. The van der Waals surface area contributed by atoms with Crippen LogP contribution in [0.4, 0.5) is 14.6 Å². The van der Waals surface area contributed by atoms with Crippen LogP contribution in [0.3, 0.4) is 0 Å². The van der Waals surface area contributed by atoms with E-state index in [9.17, 15) is 39.2 Å². The van der Waals surface area contributed by atoms with Crippen molar-refractivity contribution in [1.29, 1.82) is 0 Å². The molecule has 0 aromatic carbocycles. The number of aromatic nitrogens is 2. The van der Waals surface area contributed by atoms with Gasteiger partial charge in [0.25, 0.3) is 0 Å². The number of phosphoric acid groups is 1. The molecule has 2 aliphatic rings. The third kappa shape index (κ3) is 6.53. The Morgan fingerprint density at radius 3 is 2.57 bits per heavy atom. The minimum absolute atomic E-state index is 0.110. The molecule has 0 radical (unpaired) electrons. The fourth-order valence-electron chi connectivity index (χ4n) is 4.27. The summed E-state index contributed by atoms with van der Waals surface area (Å²) in [5, 5.41) is 50.8. The number of alkyl halides is 2. The normalized spacial score (nSPS) is 37.1. The Labute approximate surface area is 244 Å². The van der Waals surface area contributed by atoms with Crippen molar-refractivity contribution < 1.29 is 71.5 Å². The third-order valence-corrected chi connectivity index (χ3v) is 10.9. The molecule has 42 heavy (non-hydrogen) atoms. The third-order valence-electron chi connectivity index (χ3n) is 6.37.